The summed E-state index contributed by atoms with van der Waals surface area (Å²) < 4.78 is 25.4. The van der Waals surface area contributed by atoms with Gasteiger partial charge in [0.2, 0.25) is 15.9 Å². The summed E-state index contributed by atoms with van der Waals surface area (Å²) in [6, 6.07) is 10.9. The fraction of sp³-hybridized carbons (Fsp3) is 0.696. The second-order valence-corrected chi connectivity index (χ2v) is 11.9. The van der Waals surface area contributed by atoms with Gasteiger partial charge in [0.25, 0.3) is 0 Å². The minimum absolute atomic E-state index is 0.0777. The van der Waals surface area contributed by atoms with Gasteiger partial charge in [-0.3, -0.25) is 9.69 Å². The fourth-order valence-corrected chi connectivity index (χ4v) is 6.35. The van der Waals surface area contributed by atoms with Crippen molar-refractivity contribution in [2.75, 3.05) is 46.5 Å². The third-order valence-electron chi connectivity index (χ3n) is 7.46. The van der Waals surface area contributed by atoms with E-state index in [9.17, 15) is 13.2 Å². The Morgan fingerprint density at radius 2 is 1.77 bits per heavy atom. The first-order valence-corrected chi connectivity index (χ1v) is 13.0. The average Bonchev–Trinajstić information content (AvgIpc) is 3.43. The Kier molecular flexibility index (Phi) is 5.99. The first-order valence-electron chi connectivity index (χ1n) is 11.1. The van der Waals surface area contributed by atoms with E-state index in [0.29, 0.717) is 19.5 Å². The molecular weight excluding hydrogens is 398 g/mol. The van der Waals surface area contributed by atoms with Crippen LogP contribution >= 0.6 is 0 Å². The van der Waals surface area contributed by atoms with Crippen molar-refractivity contribution >= 4 is 15.9 Å². The molecule has 1 aromatic carbocycles. The molecule has 30 heavy (non-hydrogen) atoms. The van der Waals surface area contributed by atoms with Gasteiger partial charge in [0.15, 0.2) is 0 Å². The monoisotopic (exact) mass is 433 g/mol. The number of sulfonamides is 1. The molecule has 166 valence electrons. The van der Waals surface area contributed by atoms with Crippen molar-refractivity contribution in [1.29, 1.82) is 0 Å². The molecule has 7 heteroatoms. The number of hydrogen-bond donors (Lipinski definition) is 0. The van der Waals surface area contributed by atoms with Gasteiger partial charge in [0.1, 0.15) is 0 Å². The first kappa shape index (κ1) is 21.8. The number of benzene rings is 1. The van der Waals surface area contributed by atoms with Crippen LogP contribution in [0.2, 0.25) is 0 Å². The van der Waals surface area contributed by atoms with E-state index in [1.165, 1.54) is 29.0 Å². The number of amides is 1. The van der Waals surface area contributed by atoms with Crippen LogP contribution in [-0.2, 0) is 14.8 Å². The summed E-state index contributed by atoms with van der Waals surface area (Å²) in [5.74, 6) is 2.38. The molecule has 1 saturated carbocycles. The molecule has 2 aliphatic heterocycles. The van der Waals surface area contributed by atoms with Crippen LogP contribution in [0.25, 0.3) is 0 Å². The summed E-state index contributed by atoms with van der Waals surface area (Å²) in [4.78, 5) is 16.5. The van der Waals surface area contributed by atoms with Gasteiger partial charge in [0, 0.05) is 33.6 Å². The van der Waals surface area contributed by atoms with Crippen LogP contribution in [-0.4, -0.2) is 80.5 Å². The summed E-state index contributed by atoms with van der Waals surface area (Å²) in [5.41, 5.74) is 1.15. The maximum absolute atomic E-state index is 12.5. The molecule has 1 aromatic rings. The molecule has 3 fully saturated rings. The zero-order valence-electron chi connectivity index (χ0n) is 18.5. The quantitative estimate of drug-likeness (QED) is 0.662. The Morgan fingerprint density at radius 1 is 1.13 bits per heavy atom. The minimum Gasteiger partial charge on any atom is -0.349 e. The van der Waals surface area contributed by atoms with E-state index in [2.05, 4.69) is 35.2 Å². The molecule has 2 atom stereocenters. The van der Waals surface area contributed by atoms with E-state index in [0.717, 1.165) is 43.7 Å². The average molecular weight is 434 g/mol. The molecule has 2 saturated heterocycles. The second kappa shape index (κ2) is 8.24. The van der Waals surface area contributed by atoms with E-state index < -0.39 is 10.0 Å². The molecule has 3 aliphatic rings. The Morgan fingerprint density at radius 3 is 2.33 bits per heavy atom. The number of carbonyl (C=O) groups excluding carboxylic acids is 1. The summed E-state index contributed by atoms with van der Waals surface area (Å²) in [5, 5.41) is 0. The lowest BCUT2D eigenvalue weighted by Crippen LogP contribution is -2.72. The summed E-state index contributed by atoms with van der Waals surface area (Å²) in [6.45, 7) is 2.81. The number of carbonyl (C=O) groups is 1. The topological polar surface area (TPSA) is 60.9 Å². The largest absolute Gasteiger partial charge is 0.349 e. The number of likely N-dealkylation sites (tertiary alicyclic amines) is 1. The van der Waals surface area contributed by atoms with Gasteiger partial charge < -0.3 is 4.90 Å². The van der Waals surface area contributed by atoms with Crippen molar-refractivity contribution in [3.8, 4) is 0 Å². The summed E-state index contributed by atoms with van der Waals surface area (Å²) in [7, 11) is 0.343. The lowest BCUT2D eigenvalue weighted by atomic mass is 9.81. The highest BCUT2D eigenvalue weighted by atomic mass is 32.2. The van der Waals surface area contributed by atoms with Gasteiger partial charge in [-0.2, -0.15) is 4.31 Å². The molecule has 1 amide bonds. The molecule has 6 nitrogen and oxygen atoms in total. The molecule has 2 heterocycles. The number of rotatable bonds is 7. The maximum Gasteiger partial charge on any atom is 0.224 e. The van der Waals surface area contributed by atoms with Crippen molar-refractivity contribution in [1.82, 2.24) is 14.1 Å². The maximum atomic E-state index is 12.5. The summed E-state index contributed by atoms with van der Waals surface area (Å²) >= 11 is 0. The van der Waals surface area contributed by atoms with Gasteiger partial charge in [0.05, 0.1) is 11.8 Å². The molecule has 1 aliphatic carbocycles. The molecule has 0 radical (unpaired) electrons. The Balaban J connectivity index is 1.32. The van der Waals surface area contributed by atoms with Crippen LogP contribution in [0, 0.1) is 11.8 Å². The predicted octanol–water partition coefficient (Wildman–Crippen LogP) is 2.38. The minimum atomic E-state index is -3.20. The molecule has 0 bridgehead atoms. The number of hydrogen-bond acceptors (Lipinski definition) is 4. The lowest BCUT2D eigenvalue weighted by molar-refractivity contribution is -0.136. The van der Waals surface area contributed by atoms with Crippen LogP contribution in [0.3, 0.4) is 0 Å². The zero-order chi connectivity index (χ0) is 21.5. The molecular formula is C23H35N3O3S. The normalized spacial score (nSPS) is 27.4. The van der Waals surface area contributed by atoms with Gasteiger partial charge in [-0.25, -0.2) is 8.42 Å². The van der Waals surface area contributed by atoms with E-state index in [1.807, 2.05) is 0 Å². The van der Waals surface area contributed by atoms with Gasteiger partial charge in [-0.05, 0) is 62.1 Å². The standard InChI is InChI=1S/C23H35N3O3S/c1-24(2)22(27)15-23(16-26(17-23)30(3,28)29)25-11-9-18(10-12-25)13-20-14-21(20)19-7-5-4-6-8-19/h4-8,18,20-21H,9-17H2,1-3H3/t20-,21?/m1/s1. The smallest absolute Gasteiger partial charge is 0.224 e. The Hall–Kier alpha value is -1.44. The highest BCUT2D eigenvalue weighted by Gasteiger charge is 2.52. The Bertz CT molecular complexity index is 857. The SMILES string of the molecule is CN(C)C(=O)CC1(N2CCC(C[C@@H]3CC3c3ccccc3)CC2)CN(S(C)(=O)=O)C1. The highest BCUT2D eigenvalue weighted by Crippen LogP contribution is 2.52. The molecule has 0 spiro atoms. The van der Waals surface area contributed by atoms with E-state index in [-0.39, 0.29) is 11.4 Å². The molecule has 0 N–H and O–H groups in total. The number of nitrogens with zero attached hydrogens (tertiary/aromatic N) is 3. The molecule has 4 rings (SSSR count). The molecule has 0 aromatic heterocycles. The molecule has 1 unspecified atom stereocenters. The fourth-order valence-electron chi connectivity index (χ4n) is 5.40. The highest BCUT2D eigenvalue weighted by molar-refractivity contribution is 7.88. The third kappa shape index (κ3) is 4.58. The van der Waals surface area contributed by atoms with E-state index >= 15 is 0 Å². The van der Waals surface area contributed by atoms with Gasteiger partial charge >= 0.3 is 0 Å². The predicted molar refractivity (Wildman–Crippen MR) is 119 cm³/mol. The van der Waals surface area contributed by atoms with Crippen LogP contribution in [0.1, 0.15) is 43.6 Å². The van der Waals surface area contributed by atoms with Crippen molar-refractivity contribution in [3.05, 3.63) is 35.9 Å². The first-order chi connectivity index (χ1) is 14.2. The summed E-state index contributed by atoms with van der Waals surface area (Å²) in [6.07, 6.45) is 6.57. The van der Waals surface area contributed by atoms with Gasteiger partial charge in [-0.15, -0.1) is 0 Å². The van der Waals surface area contributed by atoms with E-state index in [4.69, 9.17) is 0 Å². The van der Waals surface area contributed by atoms with Gasteiger partial charge in [-0.1, -0.05) is 30.3 Å². The van der Waals surface area contributed by atoms with Crippen molar-refractivity contribution in [3.63, 3.8) is 0 Å². The van der Waals surface area contributed by atoms with Crippen molar-refractivity contribution in [2.24, 2.45) is 11.8 Å². The van der Waals surface area contributed by atoms with Crippen molar-refractivity contribution < 1.29 is 13.2 Å². The second-order valence-electron chi connectivity index (χ2n) is 9.90. The lowest BCUT2D eigenvalue weighted by Gasteiger charge is -2.56. The van der Waals surface area contributed by atoms with Crippen molar-refractivity contribution in [2.45, 2.75) is 43.6 Å². The van der Waals surface area contributed by atoms with Crippen LogP contribution in [0.5, 0.6) is 0 Å². The zero-order valence-corrected chi connectivity index (χ0v) is 19.3. The van der Waals surface area contributed by atoms with Crippen LogP contribution < -0.4 is 0 Å². The van der Waals surface area contributed by atoms with Crippen LogP contribution in [0.4, 0.5) is 0 Å². The third-order valence-corrected chi connectivity index (χ3v) is 8.66. The number of piperidine rings is 1. The van der Waals surface area contributed by atoms with Crippen LogP contribution in [0.15, 0.2) is 30.3 Å². The Labute approximate surface area is 181 Å². The van der Waals surface area contributed by atoms with E-state index in [1.54, 1.807) is 19.0 Å².